The van der Waals surface area contributed by atoms with Crippen LogP contribution in [0.15, 0.2) is 60.7 Å². The smallest absolute Gasteiger partial charge is 0.417 e. The van der Waals surface area contributed by atoms with Crippen LogP contribution >= 0.6 is 0 Å². The summed E-state index contributed by atoms with van der Waals surface area (Å²) < 4.78 is 5.27. The van der Waals surface area contributed by atoms with Gasteiger partial charge in [-0.25, -0.2) is 9.69 Å². The van der Waals surface area contributed by atoms with E-state index in [1.165, 1.54) is 0 Å². The van der Waals surface area contributed by atoms with Gasteiger partial charge in [0.1, 0.15) is 24.7 Å². The Morgan fingerprint density at radius 3 is 2.18 bits per heavy atom. The summed E-state index contributed by atoms with van der Waals surface area (Å²) in [6.07, 6.45) is -0.0682. The second kappa shape index (κ2) is 13.4. The molecule has 2 aromatic carbocycles. The lowest BCUT2D eigenvalue weighted by molar-refractivity contribution is -0.136. The summed E-state index contributed by atoms with van der Waals surface area (Å²) in [6, 6.07) is 15.0. The van der Waals surface area contributed by atoms with Crippen LogP contribution in [0.1, 0.15) is 44.2 Å². The van der Waals surface area contributed by atoms with Crippen molar-refractivity contribution in [1.29, 1.82) is 0 Å². The minimum atomic E-state index is -1.11. The number of likely N-dealkylation sites (tertiary alicyclic amines) is 1. The monoisotopic (exact) mass is 522 g/mol. The molecule has 0 radical (unpaired) electrons. The first kappa shape index (κ1) is 28.4. The average Bonchev–Trinajstić information content (AvgIpc) is 3.31. The standard InChI is InChI=1S/C28H34N4O6/c1-3-18(2)24(27(36)30-21(25(29)34)16-19-10-6-4-7-11-19)31-26(35)22-14-15-23(33)32(22)28(37)38-17-20-12-8-5-9-13-20/h4-13,18,21-22,24H,3,14-17H2,1-2H3,(H2,29,34)(H,30,36)(H,31,35)/t18-,21+,22+,24+/m1/s1. The number of amides is 5. The number of ether oxygens (including phenoxy) is 1. The maximum absolute atomic E-state index is 13.2. The molecule has 2 aromatic rings. The van der Waals surface area contributed by atoms with E-state index in [4.69, 9.17) is 10.5 Å². The number of carbonyl (C=O) groups excluding carboxylic acids is 5. The first-order valence-corrected chi connectivity index (χ1v) is 12.7. The van der Waals surface area contributed by atoms with Gasteiger partial charge in [0.05, 0.1) is 0 Å². The molecule has 0 bridgehead atoms. The van der Waals surface area contributed by atoms with Gasteiger partial charge in [-0.05, 0) is 23.5 Å². The van der Waals surface area contributed by atoms with Gasteiger partial charge in [0, 0.05) is 12.8 Å². The Morgan fingerprint density at radius 1 is 1.00 bits per heavy atom. The topological polar surface area (TPSA) is 148 Å². The quantitative estimate of drug-likeness (QED) is 0.411. The van der Waals surface area contributed by atoms with Crippen molar-refractivity contribution in [3.05, 3.63) is 71.8 Å². The van der Waals surface area contributed by atoms with Crippen LogP contribution in [0.3, 0.4) is 0 Å². The fourth-order valence-corrected chi connectivity index (χ4v) is 4.24. The molecule has 3 rings (SSSR count). The summed E-state index contributed by atoms with van der Waals surface area (Å²) in [5.41, 5.74) is 7.10. The molecule has 1 fully saturated rings. The molecule has 5 amide bonds. The normalized spacial score (nSPS) is 17.3. The zero-order valence-electron chi connectivity index (χ0n) is 21.6. The lowest BCUT2D eigenvalue weighted by Crippen LogP contribution is -2.58. The molecule has 0 spiro atoms. The van der Waals surface area contributed by atoms with Crippen LogP contribution in [0.2, 0.25) is 0 Å². The number of imide groups is 1. The lowest BCUT2D eigenvalue weighted by atomic mass is 9.96. The molecule has 10 heteroatoms. The summed E-state index contributed by atoms with van der Waals surface area (Å²) in [4.78, 5) is 64.5. The highest BCUT2D eigenvalue weighted by Gasteiger charge is 2.43. The van der Waals surface area contributed by atoms with Crippen molar-refractivity contribution in [2.45, 2.75) is 64.3 Å². The zero-order chi connectivity index (χ0) is 27.7. The van der Waals surface area contributed by atoms with E-state index in [9.17, 15) is 24.0 Å². The minimum Gasteiger partial charge on any atom is -0.444 e. The number of nitrogens with zero attached hydrogens (tertiary/aromatic N) is 1. The second-order valence-electron chi connectivity index (χ2n) is 9.38. The molecule has 4 N–H and O–H groups in total. The minimum absolute atomic E-state index is 0.000453. The van der Waals surface area contributed by atoms with Crippen molar-refractivity contribution < 1.29 is 28.7 Å². The molecule has 0 aliphatic carbocycles. The number of rotatable bonds is 11. The lowest BCUT2D eigenvalue weighted by Gasteiger charge is -2.28. The van der Waals surface area contributed by atoms with E-state index in [1.54, 1.807) is 31.2 Å². The van der Waals surface area contributed by atoms with Gasteiger partial charge >= 0.3 is 6.09 Å². The van der Waals surface area contributed by atoms with Crippen LogP contribution < -0.4 is 16.4 Å². The van der Waals surface area contributed by atoms with Crippen molar-refractivity contribution in [2.75, 3.05) is 0 Å². The Bertz CT molecular complexity index is 1140. The Hall–Kier alpha value is -4.21. The highest BCUT2D eigenvalue weighted by molar-refractivity contribution is 6.01. The maximum atomic E-state index is 13.2. The summed E-state index contributed by atoms with van der Waals surface area (Å²) in [7, 11) is 0. The van der Waals surface area contributed by atoms with Gasteiger partial charge in [0.15, 0.2) is 0 Å². The Morgan fingerprint density at radius 2 is 1.61 bits per heavy atom. The number of carbonyl (C=O) groups is 5. The molecule has 10 nitrogen and oxygen atoms in total. The van der Waals surface area contributed by atoms with Gasteiger partial charge in [-0.15, -0.1) is 0 Å². The third kappa shape index (κ3) is 7.41. The molecule has 0 aromatic heterocycles. The average molecular weight is 523 g/mol. The third-order valence-corrected chi connectivity index (χ3v) is 6.65. The Kier molecular flexibility index (Phi) is 9.98. The van der Waals surface area contributed by atoms with E-state index in [0.29, 0.717) is 6.42 Å². The first-order valence-electron chi connectivity index (χ1n) is 12.7. The van der Waals surface area contributed by atoms with E-state index >= 15 is 0 Å². The number of nitrogens with one attached hydrogen (secondary N) is 2. The fourth-order valence-electron chi connectivity index (χ4n) is 4.24. The van der Waals surface area contributed by atoms with Gasteiger partial charge in [0.25, 0.3) is 0 Å². The summed E-state index contributed by atoms with van der Waals surface area (Å²) >= 11 is 0. The molecule has 202 valence electrons. The predicted octanol–water partition coefficient (Wildman–Crippen LogP) is 2.06. The third-order valence-electron chi connectivity index (χ3n) is 6.65. The van der Waals surface area contributed by atoms with E-state index in [2.05, 4.69) is 10.6 Å². The molecule has 1 aliphatic heterocycles. The van der Waals surface area contributed by atoms with Gasteiger partial charge in [-0.2, -0.15) is 0 Å². The SMILES string of the molecule is CC[C@@H](C)[C@H](NC(=O)[C@@H]1CCC(=O)N1C(=O)OCc1ccccc1)C(=O)N[C@@H](Cc1ccccc1)C(N)=O. The molecule has 1 heterocycles. The summed E-state index contributed by atoms with van der Waals surface area (Å²) in [5, 5.41) is 5.35. The van der Waals surface area contributed by atoms with E-state index in [-0.39, 0.29) is 31.8 Å². The van der Waals surface area contributed by atoms with Crippen molar-refractivity contribution in [3.8, 4) is 0 Å². The van der Waals surface area contributed by atoms with Crippen molar-refractivity contribution in [3.63, 3.8) is 0 Å². The van der Waals surface area contributed by atoms with E-state index < -0.39 is 47.8 Å². The van der Waals surface area contributed by atoms with Crippen molar-refractivity contribution in [1.82, 2.24) is 15.5 Å². The molecular weight excluding hydrogens is 488 g/mol. The maximum Gasteiger partial charge on any atom is 0.417 e. The second-order valence-corrected chi connectivity index (χ2v) is 9.38. The Balaban J connectivity index is 1.68. The van der Waals surface area contributed by atoms with Crippen LogP contribution in [0.25, 0.3) is 0 Å². The highest BCUT2D eigenvalue weighted by atomic mass is 16.6. The molecule has 38 heavy (non-hydrogen) atoms. The van der Waals surface area contributed by atoms with Gasteiger partial charge < -0.3 is 21.1 Å². The number of primary amides is 1. The Labute approximate surface area is 221 Å². The molecule has 1 saturated heterocycles. The number of hydrogen-bond donors (Lipinski definition) is 3. The summed E-state index contributed by atoms with van der Waals surface area (Å²) in [6.45, 7) is 3.59. The number of nitrogens with two attached hydrogens (primary N) is 1. The fraction of sp³-hybridized carbons (Fsp3) is 0.393. The van der Waals surface area contributed by atoms with Crippen molar-refractivity contribution in [2.24, 2.45) is 11.7 Å². The molecule has 0 unspecified atom stereocenters. The van der Waals surface area contributed by atoms with Crippen LogP contribution in [-0.2, 0) is 36.9 Å². The van der Waals surface area contributed by atoms with Gasteiger partial charge in [-0.3, -0.25) is 19.2 Å². The molecular formula is C28H34N4O6. The van der Waals surface area contributed by atoms with Crippen molar-refractivity contribution >= 4 is 29.7 Å². The number of hydrogen-bond acceptors (Lipinski definition) is 6. The molecule has 0 saturated carbocycles. The van der Waals surface area contributed by atoms with Gasteiger partial charge in [0.2, 0.25) is 23.6 Å². The van der Waals surface area contributed by atoms with Gasteiger partial charge in [-0.1, -0.05) is 80.9 Å². The van der Waals surface area contributed by atoms with Crippen LogP contribution in [0.5, 0.6) is 0 Å². The van der Waals surface area contributed by atoms with E-state index in [0.717, 1.165) is 16.0 Å². The molecule has 4 atom stereocenters. The number of benzene rings is 2. The first-order chi connectivity index (χ1) is 18.2. The van der Waals surface area contributed by atoms with Crippen LogP contribution in [0, 0.1) is 5.92 Å². The zero-order valence-corrected chi connectivity index (χ0v) is 21.6. The molecule has 1 aliphatic rings. The summed E-state index contributed by atoms with van der Waals surface area (Å²) in [5.74, 6) is -2.75. The van der Waals surface area contributed by atoms with Crippen LogP contribution in [0.4, 0.5) is 4.79 Å². The van der Waals surface area contributed by atoms with E-state index in [1.807, 2.05) is 43.3 Å². The largest absolute Gasteiger partial charge is 0.444 e. The predicted molar refractivity (Wildman–Crippen MR) is 139 cm³/mol. The van der Waals surface area contributed by atoms with Crippen LogP contribution in [-0.4, -0.2) is 52.7 Å². The highest BCUT2D eigenvalue weighted by Crippen LogP contribution is 2.22.